The Kier molecular flexibility index (Phi) is 14.4. The fourth-order valence-corrected chi connectivity index (χ4v) is 1.56. The molecule has 0 heterocycles. The number of nitrogens with one attached hydrogen (secondary N) is 1. The van der Waals surface area contributed by atoms with Crippen LogP contribution in [0.2, 0.25) is 0 Å². The van der Waals surface area contributed by atoms with Gasteiger partial charge in [-0.2, -0.15) is 0 Å². The molecule has 0 fully saturated rings. The topological polar surface area (TPSA) is 289 Å². The normalized spacial score (nSPS) is 11.7. The lowest BCUT2D eigenvalue weighted by molar-refractivity contribution is -0.438. The van der Waals surface area contributed by atoms with Gasteiger partial charge >= 0.3 is 0 Å². The minimum absolute atomic E-state index is 0.0177. The van der Waals surface area contributed by atoms with Crippen LogP contribution in [0.3, 0.4) is 0 Å². The van der Waals surface area contributed by atoms with E-state index in [1.54, 1.807) is 5.32 Å². The summed E-state index contributed by atoms with van der Waals surface area (Å²) in [6.07, 6.45) is -0.283. The highest BCUT2D eigenvalue weighted by Crippen LogP contribution is 1.96. The minimum atomic E-state index is -1.66. The van der Waals surface area contributed by atoms with Crippen molar-refractivity contribution in [1.29, 1.82) is 0 Å². The smallest absolute Gasteiger partial charge is 0.185 e. The number of carboxylic acid groups (broad SMARTS) is 3. The van der Waals surface area contributed by atoms with Crippen molar-refractivity contribution in [2.24, 2.45) is 32.9 Å². The monoisotopic (exact) mass is 390 g/mol. The molecule has 14 nitrogen and oxygen atoms in total. The number of carbonyl (C=O) groups excluding carboxylic acids is 3. The third-order valence-electron chi connectivity index (χ3n) is 2.86. The summed E-state index contributed by atoms with van der Waals surface area (Å²) in [6.45, 7) is 0.655. The number of aliphatic carboxylic acids is 2. The number of nitrogens with two attached hydrogens (primary N) is 4. The maximum Gasteiger partial charge on any atom is 0.185 e. The van der Waals surface area contributed by atoms with Crippen LogP contribution in [-0.4, -0.2) is 55.1 Å². The van der Waals surface area contributed by atoms with Crippen LogP contribution in [0, 0.1) is 0 Å². The quantitative estimate of drug-likeness (QED) is 0.110. The van der Waals surface area contributed by atoms with Gasteiger partial charge < -0.3 is 63.7 Å². The first-order valence-corrected chi connectivity index (χ1v) is 7.80. The van der Waals surface area contributed by atoms with Gasteiger partial charge in [0, 0.05) is 19.5 Å². The number of amides is 1. The zero-order valence-corrected chi connectivity index (χ0v) is 14.8. The first kappa shape index (κ1) is 25.9. The van der Waals surface area contributed by atoms with Crippen molar-refractivity contribution in [3.8, 4) is 0 Å². The molecule has 0 aromatic carbocycles. The zero-order chi connectivity index (χ0) is 21.4. The van der Waals surface area contributed by atoms with Gasteiger partial charge in [-0.15, -0.1) is 0 Å². The highest BCUT2D eigenvalue weighted by Gasteiger charge is 2.08. The van der Waals surface area contributed by atoms with Crippen LogP contribution < -0.4 is 49.3 Å². The van der Waals surface area contributed by atoms with Crippen LogP contribution in [0.15, 0.2) is 9.98 Å². The number of guanidine groups is 2. The Hall–Kier alpha value is -3.29. The van der Waals surface area contributed by atoms with Gasteiger partial charge in [0.1, 0.15) is 12.1 Å². The Morgan fingerprint density at radius 2 is 1.30 bits per heavy atom. The number of aliphatic imine (C=N–C) groups is 2. The Bertz CT molecular complexity index is 531. The Balaban J connectivity index is 0. The Morgan fingerprint density at radius 3 is 1.63 bits per heavy atom. The highest BCUT2D eigenvalue weighted by atomic mass is 16.4. The molecular formula is C13H26N8O6-2. The summed E-state index contributed by atoms with van der Waals surface area (Å²) in [6, 6.07) is -1.98. The fourth-order valence-electron chi connectivity index (χ4n) is 1.56. The number of hydrogen-bond donors (Lipinski definition) is 6. The van der Waals surface area contributed by atoms with E-state index in [1.807, 2.05) is 0 Å². The summed E-state index contributed by atoms with van der Waals surface area (Å²) >= 11 is 0. The predicted octanol–water partition coefficient (Wildman–Crippen LogP) is -7.51. The number of rotatable bonds is 11. The molecule has 1 amide bonds. The van der Waals surface area contributed by atoms with E-state index in [-0.39, 0.29) is 24.9 Å². The molecule has 0 rings (SSSR count). The van der Waals surface area contributed by atoms with Gasteiger partial charge in [0.2, 0.25) is 0 Å². The van der Waals surface area contributed by atoms with Gasteiger partial charge in [0.15, 0.2) is 11.9 Å². The van der Waals surface area contributed by atoms with Gasteiger partial charge in [-0.25, -0.2) is 0 Å². The first-order chi connectivity index (χ1) is 12.5. The zero-order valence-electron chi connectivity index (χ0n) is 14.8. The second-order valence-electron chi connectivity index (χ2n) is 5.22. The van der Waals surface area contributed by atoms with Crippen LogP contribution in [0.5, 0.6) is 0 Å². The molecule has 0 saturated heterocycles. The number of carbonyl (C=O) groups is 3. The molecule has 156 valence electrons. The Labute approximate surface area is 155 Å². The van der Waals surface area contributed by atoms with E-state index in [9.17, 15) is 29.7 Å². The summed E-state index contributed by atoms with van der Waals surface area (Å²) in [7, 11) is 0. The summed E-state index contributed by atoms with van der Waals surface area (Å²) in [5, 5.41) is 32.4. The molecule has 14 heteroatoms. The summed E-state index contributed by atoms with van der Waals surface area (Å²) in [4.78, 5) is 37.9. The van der Waals surface area contributed by atoms with E-state index in [1.165, 1.54) is 0 Å². The molecule has 0 aliphatic rings. The molecule has 0 saturated carbocycles. The SMILES string of the molecule is NC(N)=NCCCC(NC(=O)[O-])C(=O)[O-].NC(N)=NCCCC([NH3+])C(=O)[O-]. The van der Waals surface area contributed by atoms with Gasteiger partial charge in [0.05, 0.1) is 18.0 Å². The standard InChI is InChI=1S/C7H14N4O4.C6H14N4O2/c8-6(9)10-3-1-2-4(5(12)13)11-7(14)15;7-4(5(11)12)2-1-3-10-6(8)9/h4,11H,1-3H2,(H,12,13)(H,14,15)(H4,8,9,10);4H,1-3,7H2,(H,11,12)(H4,8,9,10)/p-2. The van der Waals surface area contributed by atoms with Crippen LogP contribution in [0.4, 0.5) is 4.79 Å². The van der Waals surface area contributed by atoms with Gasteiger partial charge in [0.25, 0.3) is 0 Å². The average molecular weight is 390 g/mol. The van der Waals surface area contributed by atoms with Crippen molar-refractivity contribution >= 4 is 30.0 Å². The van der Waals surface area contributed by atoms with Crippen molar-refractivity contribution < 1.29 is 35.4 Å². The highest BCUT2D eigenvalue weighted by molar-refractivity contribution is 5.77. The molecule has 0 aromatic rings. The molecule has 0 bridgehead atoms. The van der Waals surface area contributed by atoms with E-state index in [0.717, 1.165) is 0 Å². The van der Waals surface area contributed by atoms with Crippen molar-refractivity contribution in [3.05, 3.63) is 0 Å². The third kappa shape index (κ3) is 18.9. The average Bonchev–Trinajstić information content (AvgIpc) is 2.53. The minimum Gasteiger partial charge on any atom is -0.548 e. The largest absolute Gasteiger partial charge is 0.548 e. The number of quaternary nitrogens is 1. The second-order valence-corrected chi connectivity index (χ2v) is 5.22. The molecule has 12 N–H and O–H groups in total. The lowest BCUT2D eigenvalue weighted by atomic mass is 10.1. The van der Waals surface area contributed by atoms with Crippen molar-refractivity contribution in [1.82, 2.24) is 5.32 Å². The molecule has 2 unspecified atom stereocenters. The molecule has 0 aromatic heterocycles. The van der Waals surface area contributed by atoms with Gasteiger partial charge in [-0.1, -0.05) is 0 Å². The van der Waals surface area contributed by atoms with E-state index >= 15 is 0 Å². The van der Waals surface area contributed by atoms with Crippen molar-refractivity contribution in [3.63, 3.8) is 0 Å². The van der Waals surface area contributed by atoms with E-state index in [4.69, 9.17) is 22.9 Å². The Morgan fingerprint density at radius 1 is 0.852 bits per heavy atom. The second kappa shape index (κ2) is 15.0. The lowest BCUT2D eigenvalue weighted by Gasteiger charge is -2.20. The van der Waals surface area contributed by atoms with E-state index in [2.05, 4.69) is 15.7 Å². The number of carboxylic acids is 2. The molecular weight excluding hydrogens is 364 g/mol. The van der Waals surface area contributed by atoms with Crippen LogP contribution in [0.1, 0.15) is 25.7 Å². The molecule has 27 heavy (non-hydrogen) atoms. The number of hydrogen-bond acceptors (Lipinski definition) is 8. The van der Waals surface area contributed by atoms with E-state index in [0.29, 0.717) is 25.8 Å². The molecule has 0 radical (unpaired) electrons. The number of nitrogens with zero attached hydrogens (tertiary/aromatic N) is 2. The van der Waals surface area contributed by atoms with Crippen molar-refractivity contribution in [2.75, 3.05) is 13.1 Å². The van der Waals surface area contributed by atoms with E-state index < -0.39 is 30.1 Å². The molecule has 0 spiro atoms. The summed E-state index contributed by atoms with van der Waals surface area (Å²) in [5.74, 6) is -2.74. The molecule has 2 atom stereocenters. The summed E-state index contributed by atoms with van der Waals surface area (Å²) < 4.78 is 0. The predicted molar refractivity (Wildman–Crippen MR) is 88.8 cm³/mol. The third-order valence-corrected chi connectivity index (χ3v) is 2.86. The van der Waals surface area contributed by atoms with Crippen LogP contribution in [0.25, 0.3) is 0 Å². The van der Waals surface area contributed by atoms with Gasteiger partial charge in [-0.3, -0.25) is 9.98 Å². The van der Waals surface area contributed by atoms with Crippen LogP contribution in [-0.2, 0) is 9.59 Å². The van der Waals surface area contributed by atoms with Crippen molar-refractivity contribution in [2.45, 2.75) is 37.8 Å². The van der Waals surface area contributed by atoms with Gasteiger partial charge in [-0.05, 0) is 19.3 Å². The maximum atomic E-state index is 10.4. The first-order valence-electron chi connectivity index (χ1n) is 7.80. The van der Waals surface area contributed by atoms with Crippen LogP contribution >= 0.6 is 0 Å². The summed E-state index contributed by atoms with van der Waals surface area (Å²) in [5.41, 5.74) is 23.5. The maximum absolute atomic E-state index is 10.4. The lowest BCUT2D eigenvalue weighted by Crippen LogP contribution is -2.68. The fraction of sp³-hybridized carbons (Fsp3) is 0.615. The molecule has 0 aliphatic carbocycles. The molecule has 0 aliphatic heterocycles.